The number of hydrogen-bond donors (Lipinski definition) is 1. The van der Waals surface area contributed by atoms with Crippen LogP contribution in [0.15, 0.2) is 66.7 Å². The fourth-order valence-corrected chi connectivity index (χ4v) is 5.27. The highest BCUT2D eigenvalue weighted by atomic mass is 16.5. The van der Waals surface area contributed by atoms with Crippen molar-refractivity contribution in [3.8, 4) is 5.75 Å². The molecule has 3 aromatic rings. The van der Waals surface area contributed by atoms with Crippen molar-refractivity contribution in [3.05, 3.63) is 89.0 Å². The lowest BCUT2D eigenvalue weighted by molar-refractivity contribution is 0.0724. The molecule has 2 amide bonds. The first-order chi connectivity index (χ1) is 18.6. The summed E-state index contributed by atoms with van der Waals surface area (Å²) >= 11 is 0. The molecule has 38 heavy (non-hydrogen) atoms. The van der Waals surface area contributed by atoms with Gasteiger partial charge in [0.25, 0.3) is 11.8 Å². The zero-order chi connectivity index (χ0) is 26.3. The maximum Gasteiger partial charge on any atom is 0.256 e. The molecule has 0 aliphatic carbocycles. The Morgan fingerprint density at radius 1 is 0.895 bits per heavy atom. The summed E-state index contributed by atoms with van der Waals surface area (Å²) in [4.78, 5) is 31.0. The third kappa shape index (κ3) is 6.01. The molecule has 0 unspecified atom stereocenters. The Bertz CT molecular complexity index is 1270. The van der Waals surface area contributed by atoms with E-state index in [1.165, 1.54) is 11.1 Å². The van der Waals surface area contributed by atoms with Crippen LogP contribution in [0.3, 0.4) is 0 Å². The largest absolute Gasteiger partial charge is 0.494 e. The second kappa shape index (κ2) is 12.2. The van der Waals surface area contributed by atoms with Gasteiger partial charge in [0.15, 0.2) is 0 Å². The summed E-state index contributed by atoms with van der Waals surface area (Å²) in [5.74, 6) is 0.598. The quantitative estimate of drug-likeness (QED) is 0.360. The van der Waals surface area contributed by atoms with Gasteiger partial charge in [-0.3, -0.25) is 9.59 Å². The zero-order valence-corrected chi connectivity index (χ0v) is 22.2. The average molecular weight is 512 g/mol. The van der Waals surface area contributed by atoms with Crippen LogP contribution < -0.4 is 15.0 Å². The lowest BCUT2D eigenvalue weighted by atomic mass is 9.98. The van der Waals surface area contributed by atoms with Crippen LogP contribution in [-0.4, -0.2) is 43.0 Å². The summed E-state index contributed by atoms with van der Waals surface area (Å²) in [6.07, 6.45) is 6.26. The van der Waals surface area contributed by atoms with E-state index in [2.05, 4.69) is 41.4 Å². The number of carbonyl (C=O) groups excluding carboxylic acids is 2. The minimum Gasteiger partial charge on any atom is -0.494 e. The Labute approximate surface area is 225 Å². The van der Waals surface area contributed by atoms with Gasteiger partial charge in [0.2, 0.25) is 0 Å². The molecular weight excluding hydrogens is 474 g/mol. The van der Waals surface area contributed by atoms with E-state index in [4.69, 9.17) is 4.74 Å². The molecule has 6 nitrogen and oxygen atoms in total. The third-order valence-corrected chi connectivity index (χ3v) is 7.48. The van der Waals surface area contributed by atoms with E-state index in [0.717, 1.165) is 76.1 Å². The number of fused-ring (bicyclic) bond motifs is 1. The molecule has 1 fully saturated rings. The molecule has 2 aliphatic rings. The molecule has 198 valence electrons. The van der Waals surface area contributed by atoms with Crippen LogP contribution in [0.2, 0.25) is 0 Å². The summed E-state index contributed by atoms with van der Waals surface area (Å²) in [5, 5.41) is 3.00. The van der Waals surface area contributed by atoms with Gasteiger partial charge in [-0.15, -0.1) is 0 Å². The molecule has 0 aromatic heterocycles. The molecule has 0 spiro atoms. The molecule has 1 N–H and O–H groups in total. The molecule has 6 heteroatoms. The van der Waals surface area contributed by atoms with Gasteiger partial charge in [-0.2, -0.15) is 0 Å². The Hall–Kier alpha value is -3.80. The van der Waals surface area contributed by atoms with Crippen molar-refractivity contribution in [2.75, 3.05) is 36.5 Å². The molecule has 3 aromatic carbocycles. The van der Waals surface area contributed by atoms with Crippen molar-refractivity contribution in [3.63, 3.8) is 0 Å². The first kappa shape index (κ1) is 25.8. The maximum absolute atomic E-state index is 13.7. The second-order valence-corrected chi connectivity index (χ2v) is 10.2. The van der Waals surface area contributed by atoms with E-state index in [1.54, 1.807) is 12.1 Å². The SMILES string of the molecule is CCCCOc1ccc(C(=O)Nc2ccc(N3CCc4ccccc4C3)c(C(=O)N3CCCCC3)c2)cc1. The molecule has 0 saturated carbocycles. The monoisotopic (exact) mass is 511 g/mol. The molecule has 5 rings (SSSR count). The number of unbranched alkanes of at least 4 members (excludes halogenated alkanes) is 1. The Morgan fingerprint density at radius 3 is 2.42 bits per heavy atom. The number of likely N-dealkylation sites (tertiary alicyclic amines) is 1. The molecule has 2 aliphatic heterocycles. The number of hydrogen-bond acceptors (Lipinski definition) is 4. The predicted octanol–water partition coefficient (Wildman–Crippen LogP) is 6.31. The number of nitrogens with one attached hydrogen (secondary N) is 1. The number of benzene rings is 3. The van der Waals surface area contributed by atoms with Gasteiger partial charge >= 0.3 is 0 Å². The minimum atomic E-state index is -0.207. The fourth-order valence-electron chi connectivity index (χ4n) is 5.27. The van der Waals surface area contributed by atoms with Crippen LogP contribution in [0, 0.1) is 0 Å². The normalized spacial score (nSPS) is 15.1. The highest BCUT2D eigenvalue weighted by molar-refractivity contribution is 6.06. The fraction of sp³-hybridized carbons (Fsp3) is 0.375. The van der Waals surface area contributed by atoms with Gasteiger partial charge in [0.05, 0.1) is 12.2 Å². The summed E-state index contributed by atoms with van der Waals surface area (Å²) < 4.78 is 5.71. The number of anilines is 2. The standard InChI is InChI=1S/C32H37N3O3/c1-2-3-21-38-28-14-11-25(12-15-28)31(36)33-27-13-16-30(29(22-27)32(37)34-18-7-4-8-19-34)35-20-17-24-9-5-6-10-26(24)23-35/h5-6,9-16,22H,2-4,7-8,17-21,23H2,1H3,(H,33,36). The van der Waals surface area contributed by atoms with E-state index in [9.17, 15) is 9.59 Å². The van der Waals surface area contributed by atoms with Crippen molar-refractivity contribution in [1.29, 1.82) is 0 Å². The molecular formula is C32H37N3O3. The third-order valence-electron chi connectivity index (χ3n) is 7.48. The number of carbonyl (C=O) groups is 2. The lowest BCUT2D eigenvalue weighted by Gasteiger charge is -2.34. The molecule has 2 heterocycles. The van der Waals surface area contributed by atoms with Gasteiger partial charge < -0.3 is 19.9 Å². The number of amides is 2. The van der Waals surface area contributed by atoms with Gasteiger partial charge in [0.1, 0.15) is 5.75 Å². The molecule has 1 saturated heterocycles. The van der Waals surface area contributed by atoms with E-state index in [1.807, 2.05) is 35.2 Å². The Balaban J connectivity index is 1.37. The van der Waals surface area contributed by atoms with E-state index >= 15 is 0 Å². The first-order valence-corrected chi connectivity index (χ1v) is 13.9. The van der Waals surface area contributed by atoms with Crippen LogP contribution in [0.25, 0.3) is 0 Å². The van der Waals surface area contributed by atoms with E-state index in [0.29, 0.717) is 23.4 Å². The maximum atomic E-state index is 13.7. The van der Waals surface area contributed by atoms with Crippen LogP contribution in [0.5, 0.6) is 5.75 Å². The summed E-state index contributed by atoms with van der Waals surface area (Å²) in [6.45, 7) is 5.99. The predicted molar refractivity (Wildman–Crippen MR) is 152 cm³/mol. The van der Waals surface area contributed by atoms with Gasteiger partial charge in [-0.05, 0) is 85.7 Å². The van der Waals surface area contributed by atoms with Crippen molar-refractivity contribution in [2.24, 2.45) is 0 Å². The minimum absolute atomic E-state index is 0.0447. The van der Waals surface area contributed by atoms with E-state index in [-0.39, 0.29) is 11.8 Å². The van der Waals surface area contributed by atoms with E-state index < -0.39 is 0 Å². The second-order valence-electron chi connectivity index (χ2n) is 10.2. The number of nitrogens with zero attached hydrogens (tertiary/aromatic N) is 2. The number of piperidine rings is 1. The highest BCUT2D eigenvalue weighted by Crippen LogP contribution is 2.31. The summed E-state index contributed by atoms with van der Waals surface area (Å²) in [6, 6.07) is 21.5. The Kier molecular flexibility index (Phi) is 8.27. The lowest BCUT2D eigenvalue weighted by Crippen LogP contribution is -2.38. The Morgan fingerprint density at radius 2 is 1.66 bits per heavy atom. The first-order valence-electron chi connectivity index (χ1n) is 13.9. The number of rotatable bonds is 8. The summed E-state index contributed by atoms with van der Waals surface area (Å²) in [5.41, 5.74) is 5.44. The molecule has 0 radical (unpaired) electrons. The van der Waals surface area contributed by atoms with Gasteiger partial charge in [-0.25, -0.2) is 0 Å². The highest BCUT2D eigenvalue weighted by Gasteiger charge is 2.26. The van der Waals surface area contributed by atoms with Crippen molar-refractivity contribution in [1.82, 2.24) is 4.90 Å². The zero-order valence-electron chi connectivity index (χ0n) is 22.2. The molecule has 0 atom stereocenters. The van der Waals surface area contributed by atoms with Crippen LogP contribution in [-0.2, 0) is 13.0 Å². The summed E-state index contributed by atoms with van der Waals surface area (Å²) in [7, 11) is 0. The van der Waals surface area contributed by atoms with Crippen LogP contribution in [0.1, 0.15) is 70.9 Å². The van der Waals surface area contributed by atoms with Gasteiger partial charge in [-0.1, -0.05) is 37.6 Å². The van der Waals surface area contributed by atoms with Crippen molar-refractivity contribution < 1.29 is 14.3 Å². The average Bonchev–Trinajstić information content (AvgIpc) is 2.97. The number of ether oxygens (including phenoxy) is 1. The van der Waals surface area contributed by atoms with Crippen LogP contribution >= 0.6 is 0 Å². The van der Waals surface area contributed by atoms with Gasteiger partial charge in [0, 0.05) is 43.1 Å². The van der Waals surface area contributed by atoms with Crippen LogP contribution in [0.4, 0.5) is 11.4 Å². The van der Waals surface area contributed by atoms with Crippen molar-refractivity contribution >= 4 is 23.2 Å². The van der Waals surface area contributed by atoms with Crippen molar-refractivity contribution in [2.45, 2.75) is 52.0 Å². The topological polar surface area (TPSA) is 61.9 Å². The molecule has 0 bridgehead atoms. The smallest absolute Gasteiger partial charge is 0.256 e.